The average molecular weight is 381 g/mol. The first-order valence-corrected chi connectivity index (χ1v) is 10.7. The summed E-state index contributed by atoms with van der Waals surface area (Å²) in [6.45, 7) is 6.92. The third kappa shape index (κ3) is 4.79. The van der Waals surface area contributed by atoms with Crippen LogP contribution in [0, 0.1) is 5.92 Å². The second-order valence-corrected chi connectivity index (χ2v) is 10.1. The Balaban J connectivity index is 1.62. The number of nitrogens with zero attached hydrogens (tertiary/aromatic N) is 2. The fourth-order valence-corrected chi connectivity index (χ4v) is 5.51. The lowest BCUT2D eigenvalue weighted by atomic mass is 10.0. The van der Waals surface area contributed by atoms with E-state index in [4.69, 9.17) is 4.74 Å². The minimum absolute atomic E-state index is 0.217. The molecule has 0 radical (unpaired) electrons. The second-order valence-electron chi connectivity index (χ2n) is 7.39. The molecule has 0 unspecified atom stereocenters. The summed E-state index contributed by atoms with van der Waals surface area (Å²) in [6.07, 6.45) is 1.62. The Bertz CT molecular complexity index is 749. The number of hydrogen-bond donors (Lipinski definition) is 0. The summed E-state index contributed by atoms with van der Waals surface area (Å²) < 4.78 is 19.9. The summed E-state index contributed by atoms with van der Waals surface area (Å²) in [4.78, 5) is 18.5. The molecule has 25 heavy (non-hydrogen) atoms. The molecule has 0 spiro atoms. The Labute approximate surface area is 154 Å². The molecule has 1 aliphatic heterocycles. The van der Waals surface area contributed by atoms with Crippen LogP contribution in [0.3, 0.4) is 0 Å². The van der Waals surface area contributed by atoms with Gasteiger partial charge in [0.2, 0.25) is 0 Å². The normalized spacial score (nSPS) is 19.8. The summed E-state index contributed by atoms with van der Waals surface area (Å²) in [5.74, 6) is 0.758. The Morgan fingerprint density at radius 2 is 2.16 bits per heavy atom. The van der Waals surface area contributed by atoms with Crippen molar-refractivity contribution in [2.75, 3.05) is 18.8 Å². The number of fused-ring (bicyclic) bond motifs is 1. The highest BCUT2D eigenvalue weighted by molar-refractivity contribution is 7.87. The summed E-state index contributed by atoms with van der Waals surface area (Å²) in [7, 11) is -1.13. The van der Waals surface area contributed by atoms with Crippen molar-refractivity contribution in [3.63, 3.8) is 0 Å². The van der Waals surface area contributed by atoms with Crippen molar-refractivity contribution < 1.29 is 13.7 Å². The van der Waals surface area contributed by atoms with E-state index in [2.05, 4.69) is 4.98 Å². The molecule has 1 aromatic carbocycles. The molecular weight excluding hydrogens is 356 g/mol. The Morgan fingerprint density at radius 1 is 1.40 bits per heavy atom. The molecule has 3 rings (SSSR count). The number of benzene rings is 1. The first kappa shape index (κ1) is 18.3. The fourth-order valence-electron chi connectivity index (χ4n) is 2.93. The Kier molecular flexibility index (Phi) is 5.43. The van der Waals surface area contributed by atoms with Crippen molar-refractivity contribution in [1.29, 1.82) is 0 Å². The fraction of sp³-hybridized carbons (Fsp3) is 0.556. The van der Waals surface area contributed by atoms with Gasteiger partial charge in [-0.2, -0.15) is 0 Å². The van der Waals surface area contributed by atoms with Crippen LogP contribution in [0.1, 0.15) is 33.6 Å². The van der Waals surface area contributed by atoms with Gasteiger partial charge in [0.1, 0.15) is 5.60 Å². The van der Waals surface area contributed by atoms with E-state index < -0.39 is 16.4 Å². The van der Waals surface area contributed by atoms with Crippen molar-refractivity contribution in [3.8, 4) is 0 Å². The number of aromatic nitrogens is 1. The predicted molar refractivity (Wildman–Crippen MR) is 101 cm³/mol. The van der Waals surface area contributed by atoms with E-state index in [0.29, 0.717) is 23.2 Å². The maximum absolute atomic E-state index is 12.7. The van der Waals surface area contributed by atoms with Crippen LogP contribution in [-0.2, 0) is 15.5 Å². The van der Waals surface area contributed by atoms with Gasteiger partial charge in [-0.05, 0) is 51.7 Å². The first-order valence-electron chi connectivity index (χ1n) is 8.54. The van der Waals surface area contributed by atoms with E-state index in [1.165, 1.54) is 11.3 Å². The lowest BCUT2D eigenvalue weighted by Gasteiger charge is -2.33. The van der Waals surface area contributed by atoms with E-state index in [-0.39, 0.29) is 12.0 Å². The van der Waals surface area contributed by atoms with Gasteiger partial charge in [-0.25, -0.2) is 9.78 Å². The smallest absolute Gasteiger partial charge is 0.410 e. The number of carbonyl (C=O) groups excluding carboxylic acids is 1. The number of carbonyl (C=O) groups is 1. The van der Waals surface area contributed by atoms with Gasteiger partial charge in [-0.1, -0.05) is 12.1 Å². The van der Waals surface area contributed by atoms with Gasteiger partial charge >= 0.3 is 6.09 Å². The van der Waals surface area contributed by atoms with Crippen molar-refractivity contribution in [2.24, 2.45) is 5.92 Å². The number of thiazole rings is 1. The number of rotatable bonds is 3. The molecule has 1 fully saturated rings. The zero-order valence-corrected chi connectivity index (χ0v) is 16.5. The van der Waals surface area contributed by atoms with Gasteiger partial charge in [0.05, 0.1) is 21.0 Å². The molecule has 7 heteroatoms. The topological polar surface area (TPSA) is 59.5 Å². The average Bonchev–Trinajstić information content (AvgIpc) is 2.98. The number of piperidine rings is 1. The van der Waals surface area contributed by atoms with Crippen LogP contribution < -0.4 is 0 Å². The largest absolute Gasteiger partial charge is 0.444 e. The first-order chi connectivity index (χ1) is 11.8. The van der Waals surface area contributed by atoms with Crippen LogP contribution in [-0.4, -0.2) is 44.6 Å². The molecule has 0 aliphatic carbocycles. The van der Waals surface area contributed by atoms with Crippen LogP contribution in [0.5, 0.6) is 0 Å². The molecule has 1 amide bonds. The van der Waals surface area contributed by atoms with Crippen LogP contribution in [0.25, 0.3) is 10.2 Å². The number of para-hydroxylation sites is 1. The molecule has 2 aromatic rings. The maximum atomic E-state index is 12.7. The third-order valence-electron chi connectivity index (χ3n) is 4.03. The summed E-state index contributed by atoms with van der Waals surface area (Å²) in [5, 5.41) is 0. The summed E-state index contributed by atoms with van der Waals surface area (Å²) in [5.41, 5.74) is 0.406. The van der Waals surface area contributed by atoms with Gasteiger partial charge in [-0.3, -0.25) is 4.21 Å². The predicted octanol–water partition coefficient (Wildman–Crippen LogP) is 4.05. The van der Waals surface area contributed by atoms with Gasteiger partial charge in [-0.15, -0.1) is 11.3 Å². The Morgan fingerprint density at radius 3 is 2.88 bits per heavy atom. The third-order valence-corrected chi connectivity index (χ3v) is 6.92. The Hall–Kier alpha value is -1.47. The monoisotopic (exact) mass is 380 g/mol. The number of likely N-dealkylation sites (tertiary alicyclic amines) is 1. The highest BCUT2D eigenvalue weighted by Crippen LogP contribution is 2.27. The molecule has 0 N–H and O–H groups in total. The standard InChI is InChI=1S/C18H24N2O3S2/c1-18(2,3)23-17(21)20-10-6-7-13(11-20)12-25(22)16-19-14-8-4-5-9-15(14)24-16/h4-5,8-9,13H,6-7,10-12H2,1-3H3/t13-,25-/m0/s1. The number of ether oxygens (including phenoxy) is 1. The van der Waals surface area contributed by atoms with E-state index in [1.807, 2.05) is 45.0 Å². The molecule has 1 aromatic heterocycles. The molecular formula is C18H24N2O3S2. The van der Waals surface area contributed by atoms with Crippen molar-refractivity contribution >= 4 is 38.4 Å². The van der Waals surface area contributed by atoms with E-state index in [1.54, 1.807) is 4.90 Å². The van der Waals surface area contributed by atoms with E-state index in [0.717, 1.165) is 23.1 Å². The minimum Gasteiger partial charge on any atom is -0.444 e. The molecule has 136 valence electrons. The molecule has 1 aliphatic rings. The molecule has 0 bridgehead atoms. The highest BCUT2D eigenvalue weighted by atomic mass is 32.2. The van der Waals surface area contributed by atoms with Crippen LogP contribution in [0.4, 0.5) is 4.79 Å². The van der Waals surface area contributed by atoms with Gasteiger partial charge in [0.25, 0.3) is 0 Å². The lowest BCUT2D eigenvalue weighted by molar-refractivity contribution is 0.0176. The summed E-state index contributed by atoms with van der Waals surface area (Å²) >= 11 is 1.49. The van der Waals surface area contributed by atoms with Crippen LogP contribution in [0.2, 0.25) is 0 Å². The molecule has 0 saturated carbocycles. The molecule has 2 heterocycles. The number of amides is 1. The second kappa shape index (κ2) is 7.41. The van der Waals surface area contributed by atoms with Crippen LogP contribution >= 0.6 is 11.3 Å². The molecule has 1 saturated heterocycles. The van der Waals surface area contributed by atoms with Gasteiger partial charge in [0, 0.05) is 18.8 Å². The SMILES string of the molecule is CC(C)(C)OC(=O)N1CCC[C@H](C[S@](=O)c2nc3ccccc3s2)C1. The van der Waals surface area contributed by atoms with Crippen molar-refractivity contribution in [3.05, 3.63) is 24.3 Å². The molecule has 2 atom stereocenters. The van der Waals surface area contributed by atoms with Gasteiger partial charge < -0.3 is 9.64 Å². The van der Waals surface area contributed by atoms with Crippen molar-refractivity contribution in [1.82, 2.24) is 9.88 Å². The van der Waals surface area contributed by atoms with Gasteiger partial charge in [0.15, 0.2) is 4.34 Å². The maximum Gasteiger partial charge on any atom is 0.410 e. The minimum atomic E-state index is -1.13. The highest BCUT2D eigenvalue weighted by Gasteiger charge is 2.29. The zero-order chi connectivity index (χ0) is 18.0. The lowest BCUT2D eigenvalue weighted by Crippen LogP contribution is -2.43. The van der Waals surface area contributed by atoms with Crippen LogP contribution in [0.15, 0.2) is 28.6 Å². The summed E-state index contributed by atoms with van der Waals surface area (Å²) in [6, 6.07) is 7.84. The van der Waals surface area contributed by atoms with Crippen molar-refractivity contribution in [2.45, 2.75) is 43.6 Å². The quantitative estimate of drug-likeness (QED) is 0.806. The van der Waals surface area contributed by atoms with E-state index >= 15 is 0 Å². The number of hydrogen-bond acceptors (Lipinski definition) is 5. The van der Waals surface area contributed by atoms with E-state index in [9.17, 15) is 9.00 Å². The molecule has 5 nitrogen and oxygen atoms in total. The zero-order valence-electron chi connectivity index (χ0n) is 14.9.